The van der Waals surface area contributed by atoms with Gasteiger partial charge in [-0.2, -0.15) is 0 Å². The van der Waals surface area contributed by atoms with Gasteiger partial charge in [-0.3, -0.25) is 4.79 Å². The van der Waals surface area contributed by atoms with Gasteiger partial charge in [0.2, 0.25) is 5.91 Å². The van der Waals surface area contributed by atoms with Gasteiger partial charge in [0.25, 0.3) is 0 Å². The second kappa shape index (κ2) is 4.73. The van der Waals surface area contributed by atoms with Gasteiger partial charge in [0.15, 0.2) is 0 Å². The summed E-state index contributed by atoms with van der Waals surface area (Å²) in [5.74, 6) is 0.994. The van der Waals surface area contributed by atoms with Gasteiger partial charge in [0.05, 0.1) is 17.5 Å². The highest BCUT2D eigenvalue weighted by Gasteiger charge is 2.25. The average molecular weight is 281 g/mol. The highest BCUT2D eigenvalue weighted by molar-refractivity contribution is 6.00. The van der Waals surface area contributed by atoms with Crippen LogP contribution in [0.3, 0.4) is 0 Å². The average Bonchev–Trinajstić information content (AvgIpc) is 3.15. The number of hydrogen-bond donors (Lipinski definition) is 2. The summed E-state index contributed by atoms with van der Waals surface area (Å²) in [6.07, 6.45) is 6.92. The summed E-state index contributed by atoms with van der Waals surface area (Å²) >= 11 is 0. The molecule has 1 amide bonds. The second-order valence-electron chi connectivity index (χ2n) is 5.32. The van der Waals surface area contributed by atoms with E-state index in [1.807, 2.05) is 24.4 Å². The van der Waals surface area contributed by atoms with Gasteiger partial charge in [-0.25, -0.2) is 9.97 Å². The number of para-hydroxylation sites is 1. The molecule has 2 aromatic heterocycles. The van der Waals surface area contributed by atoms with Crippen LogP contribution in [0.2, 0.25) is 0 Å². The van der Waals surface area contributed by atoms with Crippen LogP contribution in [-0.2, 0) is 17.8 Å². The summed E-state index contributed by atoms with van der Waals surface area (Å²) in [5, 5.41) is 3.01. The number of aryl methyl sites for hydroxylation is 1. The number of nitrogens with one attached hydrogen (secondary N) is 2. The summed E-state index contributed by atoms with van der Waals surface area (Å²) in [6, 6.07) is 5.73. The van der Waals surface area contributed by atoms with Crippen molar-refractivity contribution in [1.82, 2.24) is 19.5 Å². The Hall–Kier alpha value is -2.63. The van der Waals surface area contributed by atoms with Crippen LogP contribution >= 0.6 is 0 Å². The SMILES string of the molecule is O=C(Nc1cccc2[nH]cnc12)[C@H]1CCn2ccnc2C1. The minimum absolute atomic E-state index is 0.0332. The predicted molar refractivity (Wildman–Crippen MR) is 78.8 cm³/mol. The lowest BCUT2D eigenvalue weighted by Crippen LogP contribution is -2.30. The number of H-pyrrole nitrogens is 1. The molecule has 106 valence electrons. The predicted octanol–water partition coefficient (Wildman–Crippen LogP) is 1.96. The molecular formula is C15H15N5O. The maximum atomic E-state index is 12.5. The van der Waals surface area contributed by atoms with Crippen LogP contribution in [0.15, 0.2) is 36.9 Å². The highest BCUT2D eigenvalue weighted by Crippen LogP contribution is 2.24. The van der Waals surface area contributed by atoms with E-state index in [1.54, 1.807) is 12.5 Å². The first-order valence-electron chi connectivity index (χ1n) is 7.04. The zero-order chi connectivity index (χ0) is 14.2. The first-order chi connectivity index (χ1) is 10.3. The quantitative estimate of drug-likeness (QED) is 0.754. The van der Waals surface area contributed by atoms with Crippen molar-refractivity contribution in [3.63, 3.8) is 0 Å². The lowest BCUT2D eigenvalue weighted by molar-refractivity contribution is -0.120. The maximum Gasteiger partial charge on any atom is 0.228 e. The van der Waals surface area contributed by atoms with Crippen molar-refractivity contribution in [2.75, 3.05) is 5.32 Å². The zero-order valence-corrected chi connectivity index (χ0v) is 11.4. The molecule has 0 spiro atoms. The Morgan fingerprint density at radius 1 is 1.38 bits per heavy atom. The van der Waals surface area contributed by atoms with Crippen LogP contribution in [0.25, 0.3) is 11.0 Å². The number of hydrogen-bond acceptors (Lipinski definition) is 3. The van der Waals surface area contributed by atoms with Crippen molar-refractivity contribution in [3.8, 4) is 0 Å². The van der Waals surface area contributed by atoms with Gasteiger partial charge < -0.3 is 14.9 Å². The molecule has 1 aromatic carbocycles. The largest absolute Gasteiger partial charge is 0.345 e. The van der Waals surface area contributed by atoms with Crippen LogP contribution < -0.4 is 5.32 Å². The van der Waals surface area contributed by atoms with Crippen LogP contribution in [0.5, 0.6) is 0 Å². The number of carbonyl (C=O) groups excluding carboxylic acids is 1. The normalized spacial score (nSPS) is 17.6. The molecule has 6 heteroatoms. The number of rotatable bonds is 2. The van der Waals surface area contributed by atoms with Crippen LogP contribution in [0.4, 0.5) is 5.69 Å². The molecule has 0 bridgehead atoms. The van der Waals surface area contributed by atoms with Crippen molar-refractivity contribution in [2.45, 2.75) is 19.4 Å². The number of imidazole rings is 2. The summed E-state index contributed by atoms with van der Waals surface area (Å²) in [6.45, 7) is 0.847. The van der Waals surface area contributed by atoms with Crippen LogP contribution in [0, 0.1) is 5.92 Å². The monoisotopic (exact) mass is 281 g/mol. The summed E-state index contributed by atoms with van der Waals surface area (Å²) in [7, 11) is 0. The molecule has 0 unspecified atom stereocenters. The molecule has 0 saturated carbocycles. The summed E-state index contributed by atoms with van der Waals surface area (Å²) in [4.78, 5) is 24.1. The lowest BCUT2D eigenvalue weighted by atomic mass is 9.97. The van der Waals surface area contributed by atoms with Gasteiger partial charge in [-0.1, -0.05) is 6.07 Å². The Kier molecular flexibility index (Phi) is 2.73. The number of anilines is 1. The number of aromatic nitrogens is 4. The van der Waals surface area contributed by atoms with Gasteiger partial charge >= 0.3 is 0 Å². The van der Waals surface area contributed by atoms with E-state index < -0.39 is 0 Å². The standard InChI is InChI=1S/C15H15N5O/c21-15(10-4-6-20-7-5-16-13(20)8-10)19-12-3-1-2-11-14(12)18-9-17-11/h1-3,5,7,9-10H,4,6,8H2,(H,17,18)(H,19,21)/t10-/m0/s1. The van der Waals surface area contributed by atoms with Crippen molar-refractivity contribution in [2.24, 2.45) is 5.92 Å². The molecule has 0 aliphatic carbocycles. The molecular weight excluding hydrogens is 266 g/mol. The van der Waals surface area contributed by atoms with Crippen LogP contribution in [0.1, 0.15) is 12.2 Å². The molecule has 4 rings (SSSR count). The first-order valence-corrected chi connectivity index (χ1v) is 7.04. The van der Waals surface area contributed by atoms with Crippen LogP contribution in [-0.4, -0.2) is 25.4 Å². The van der Waals surface area contributed by atoms with E-state index in [-0.39, 0.29) is 11.8 Å². The molecule has 0 radical (unpaired) electrons. The molecule has 21 heavy (non-hydrogen) atoms. The lowest BCUT2D eigenvalue weighted by Gasteiger charge is -2.22. The zero-order valence-electron chi connectivity index (χ0n) is 11.4. The number of fused-ring (bicyclic) bond motifs is 2. The van der Waals surface area contributed by atoms with Gasteiger partial charge in [-0.15, -0.1) is 0 Å². The molecule has 1 atom stereocenters. The van der Waals surface area contributed by atoms with Crippen molar-refractivity contribution < 1.29 is 4.79 Å². The van der Waals surface area contributed by atoms with E-state index in [0.29, 0.717) is 6.42 Å². The first kappa shape index (κ1) is 12.1. The Labute approximate surface area is 121 Å². The number of benzene rings is 1. The van der Waals surface area contributed by atoms with E-state index in [2.05, 4.69) is 24.8 Å². The number of nitrogens with zero attached hydrogens (tertiary/aromatic N) is 3. The Morgan fingerprint density at radius 2 is 2.33 bits per heavy atom. The molecule has 1 aliphatic heterocycles. The molecule has 0 fully saturated rings. The Morgan fingerprint density at radius 3 is 3.29 bits per heavy atom. The van der Waals surface area contributed by atoms with E-state index in [1.165, 1.54) is 0 Å². The van der Waals surface area contributed by atoms with Crippen molar-refractivity contribution >= 4 is 22.6 Å². The van der Waals surface area contributed by atoms with E-state index >= 15 is 0 Å². The smallest absolute Gasteiger partial charge is 0.228 e. The number of aromatic amines is 1. The fraction of sp³-hybridized carbons (Fsp3) is 0.267. The fourth-order valence-corrected chi connectivity index (χ4v) is 2.88. The summed E-state index contributed by atoms with van der Waals surface area (Å²) < 4.78 is 2.11. The molecule has 3 aromatic rings. The third-order valence-electron chi connectivity index (χ3n) is 4.03. The topological polar surface area (TPSA) is 75.6 Å². The Balaban J connectivity index is 1.55. The molecule has 3 heterocycles. The van der Waals surface area contributed by atoms with Crippen molar-refractivity contribution in [3.05, 3.63) is 42.7 Å². The minimum Gasteiger partial charge on any atom is -0.345 e. The van der Waals surface area contributed by atoms with Gasteiger partial charge in [0.1, 0.15) is 11.3 Å². The van der Waals surface area contributed by atoms with Gasteiger partial charge in [0, 0.05) is 31.3 Å². The second-order valence-corrected chi connectivity index (χ2v) is 5.32. The molecule has 1 aliphatic rings. The number of carbonyl (C=O) groups is 1. The molecule has 6 nitrogen and oxygen atoms in total. The molecule has 0 saturated heterocycles. The summed E-state index contributed by atoms with van der Waals surface area (Å²) in [5.41, 5.74) is 2.47. The van der Waals surface area contributed by atoms with E-state index in [4.69, 9.17) is 0 Å². The third-order valence-corrected chi connectivity index (χ3v) is 4.03. The number of amides is 1. The van der Waals surface area contributed by atoms with E-state index in [9.17, 15) is 4.79 Å². The van der Waals surface area contributed by atoms with E-state index in [0.717, 1.165) is 35.5 Å². The highest BCUT2D eigenvalue weighted by atomic mass is 16.1. The minimum atomic E-state index is -0.0332. The van der Waals surface area contributed by atoms with Gasteiger partial charge in [-0.05, 0) is 18.6 Å². The van der Waals surface area contributed by atoms with Crippen molar-refractivity contribution in [1.29, 1.82) is 0 Å². The molecule has 2 N–H and O–H groups in total. The Bertz CT molecular complexity index is 803. The fourth-order valence-electron chi connectivity index (χ4n) is 2.88. The third kappa shape index (κ3) is 2.08. The maximum absolute atomic E-state index is 12.5.